The van der Waals surface area contributed by atoms with Gasteiger partial charge in [-0.15, -0.1) is 0 Å². The third-order valence-corrected chi connectivity index (χ3v) is 4.11. The summed E-state index contributed by atoms with van der Waals surface area (Å²) in [4.78, 5) is 4.85. The molecule has 4 heteroatoms. The van der Waals surface area contributed by atoms with Crippen LogP contribution in [0.3, 0.4) is 0 Å². The maximum absolute atomic E-state index is 5.85. The summed E-state index contributed by atoms with van der Waals surface area (Å²) < 4.78 is 5.85. The fraction of sp³-hybridized carbons (Fsp3) is 0.733. The zero-order valence-electron chi connectivity index (χ0n) is 12.7. The van der Waals surface area contributed by atoms with E-state index in [0.717, 1.165) is 30.7 Å². The number of hydrogen-bond donors (Lipinski definition) is 1. The van der Waals surface area contributed by atoms with Crippen LogP contribution in [0, 0.1) is 6.92 Å². The summed E-state index contributed by atoms with van der Waals surface area (Å²) in [6, 6.07) is 2.94. The van der Waals surface area contributed by atoms with Crippen LogP contribution in [0.1, 0.15) is 29.9 Å². The van der Waals surface area contributed by atoms with Crippen molar-refractivity contribution < 1.29 is 4.42 Å². The van der Waals surface area contributed by atoms with Gasteiger partial charge in [0.1, 0.15) is 11.5 Å². The largest absolute Gasteiger partial charge is 0.465 e. The highest BCUT2D eigenvalue weighted by Crippen LogP contribution is 2.20. The molecule has 0 spiro atoms. The quantitative estimate of drug-likeness (QED) is 0.880. The van der Waals surface area contributed by atoms with Crippen LogP contribution in [0.5, 0.6) is 0 Å². The van der Waals surface area contributed by atoms with Crippen LogP contribution >= 0.6 is 0 Å². The molecule has 0 aliphatic carbocycles. The van der Waals surface area contributed by atoms with Gasteiger partial charge in [-0.3, -0.25) is 4.90 Å². The number of nitrogens with one attached hydrogen (secondary N) is 1. The van der Waals surface area contributed by atoms with Gasteiger partial charge in [0.25, 0.3) is 0 Å². The first kappa shape index (κ1) is 14.6. The molecule has 1 aliphatic rings. The molecule has 1 fully saturated rings. The van der Waals surface area contributed by atoms with E-state index in [9.17, 15) is 0 Å². The molecule has 0 radical (unpaired) electrons. The maximum Gasteiger partial charge on any atom is 0.118 e. The van der Waals surface area contributed by atoms with Crippen LogP contribution in [-0.4, -0.2) is 50.1 Å². The van der Waals surface area contributed by atoms with Gasteiger partial charge in [-0.2, -0.15) is 0 Å². The topological polar surface area (TPSA) is 31.6 Å². The summed E-state index contributed by atoms with van der Waals surface area (Å²) in [5.41, 5.74) is 1.28. The summed E-state index contributed by atoms with van der Waals surface area (Å²) >= 11 is 0. The van der Waals surface area contributed by atoms with Crippen LogP contribution < -0.4 is 5.32 Å². The Balaban J connectivity index is 1.87. The van der Waals surface area contributed by atoms with Gasteiger partial charge in [-0.25, -0.2) is 0 Å². The Hall–Kier alpha value is -0.840. The van der Waals surface area contributed by atoms with E-state index in [1.54, 1.807) is 0 Å². The van der Waals surface area contributed by atoms with Gasteiger partial charge in [-0.1, -0.05) is 0 Å². The molecule has 0 bridgehead atoms. The molecule has 0 amide bonds. The minimum Gasteiger partial charge on any atom is -0.465 e. The minimum absolute atomic E-state index is 0.745. The summed E-state index contributed by atoms with van der Waals surface area (Å²) in [5.74, 6) is 2.15. The lowest BCUT2D eigenvalue weighted by atomic mass is 10.0. The Kier molecular flexibility index (Phi) is 5.02. The molecular weight excluding hydrogens is 238 g/mol. The fourth-order valence-electron chi connectivity index (χ4n) is 2.85. The van der Waals surface area contributed by atoms with Crippen LogP contribution in [0.2, 0.25) is 0 Å². The number of rotatable bonds is 5. The normalized spacial score (nSPS) is 18.4. The lowest BCUT2D eigenvalue weighted by molar-refractivity contribution is 0.133. The van der Waals surface area contributed by atoms with E-state index >= 15 is 0 Å². The number of hydrogen-bond acceptors (Lipinski definition) is 4. The van der Waals surface area contributed by atoms with E-state index in [2.05, 4.69) is 42.2 Å². The molecule has 2 heterocycles. The molecule has 0 atom stereocenters. The summed E-state index contributed by atoms with van der Waals surface area (Å²) in [7, 11) is 6.33. The molecule has 1 aromatic heterocycles. The van der Waals surface area contributed by atoms with Crippen LogP contribution in [0.4, 0.5) is 0 Å². The number of likely N-dealkylation sites (tertiary alicyclic amines) is 1. The first-order chi connectivity index (χ1) is 9.10. The zero-order valence-corrected chi connectivity index (χ0v) is 12.7. The predicted octanol–water partition coefficient (Wildman–Crippen LogP) is 1.83. The van der Waals surface area contributed by atoms with Gasteiger partial charge < -0.3 is 14.6 Å². The second kappa shape index (κ2) is 6.55. The SMILES string of the molecule is CNCc1cc(CN2CCC(N(C)C)CC2)oc1C. The van der Waals surface area contributed by atoms with Gasteiger partial charge in [0.15, 0.2) is 0 Å². The predicted molar refractivity (Wildman–Crippen MR) is 78.2 cm³/mol. The highest BCUT2D eigenvalue weighted by atomic mass is 16.3. The second-order valence-electron chi connectivity index (χ2n) is 5.80. The molecule has 1 aliphatic heterocycles. The van der Waals surface area contributed by atoms with Crippen molar-refractivity contribution in [3.63, 3.8) is 0 Å². The third kappa shape index (κ3) is 3.81. The third-order valence-electron chi connectivity index (χ3n) is 4.11. The fourth-order valence-corrected chi connectivity index (χ4v) is 2.85. The standard InChI is InChI=1S/C15H27N3O/c1-12-13(10-16-2)9-15(19-12)11-18-7-5-14(6-8-18)17(3)4/h9,14,16H,5-8,10-11H2,1-4H3. The number of piperidine rings is 1. The van der Waals surface area contributed by atoms with Crippen molar-refractivity contribution in [2.24, 2.45) is 0 Å². The number of furan rings is 1. The summed E-state index contributed by atoms with van der Waals surface area (Å²) in [6.07, 6.45) is 2.52. The van der Waals surface area contributed by atoms with Crippen molar-refractivity contribution in [2.75, 3.05) is 34.2 Å². The molecular formula is C15H27N3O. The van der Waals surface area contributed by atoms with Gasteiger partial charge in [0.05, 0.1) is 6.54 Å². The van der Waals surface area contributed by atoms with Crippen molar-refractivity contribution in [2.45, 2.75) is 38.9 Å². The monoisotopic (exact) mass is 265 g/mol. The van der Waals surface area contributed by atoms with Crippen molar-refractivity contribution in [1.29, 1.82) is 0 Å². The first-order valence-corrected chi connectivity index (χ1v) is 7.21. The Morgan fingerprint density at radius 2 is 2.05 bits per heavy atom. The van der Waals surface area contributed by atoms with Gasteiger partial charge in [0, 0.05) is 31.2 Å². The molecule has 0 aromatic carbocycles. The molecule has 108 valence electrons. The smallest absolute Gasteiger partial charge is 0.118 e. The Morgan fingerprint density at radius 1 is 1.37 bits per heavy atom. The highest BCUT2D eigenvalue weighted by Gasteiger charge is 2.21. The Labute approximate surface area is 116 Å². The van der Waals surface area contributed by atoms with E-state index in [4.69, 9.17) is 4.42 Å². The van der Waals surface area contributed by atoms with Crippen molar-refractivity contribution in [1.82, 2.24) is 15.1 Å². The minimum atomic E-state index is 0.745. The first-order valence-electron chi connectivity index (χ1n) is 7.21. The zero-order chi connectivity index (χ0) is 13.8. The van der Waals surface area contributed by atoms with Crippen molar-refractivity contribution >= 4 is 0 Å². The average Bonchev–Trinajstić information content (AvgIpc) is 2.71. The molecule has 1 N–H and O–H groups in total. The van der Waals surface area contributed by atoms with E-state index in [0.29, 0.717) is 0 Å². The summed E-state index contributed by atoms with van der Waals surface area (Å²) in [5, 5.41) is 3.18. The van der Waals surface area contributed by atoms with Crippen LogP contribution in [0.15, 0.2) is 10.5 Å². The van der Waals surface area contributed by atoms with Crippen LogP contribution in [0.25, 0.3) is 0 Å². The van der Waals surface area contributed by atoms with E-state index in [-0.39, 0.29) is 0 Å². The number of nitrogens with zero attached hydrogens (tertiary/aromatic N) is 2. The van der Waals surface area contributed by atoms with E-state index < -0.39 is 0 Å². The van der Waals surface area contributed by atoms with Gasteiger partial charge >= 0.3 is 0 Å². The molecule has 0 unspecified atom stereocenters. The van der Waals surface area contributed by atoms with E-state index in [1.807, 2.05) is 7.05 Å². The lowest BCUT2D eigenvalue weighted by Gasteiger charge is -2.34. The van der Waals surface area contributed by atoms with E-state index in [1.165, 1.54) is 31.5 Å². The molecule has 0 saturated carbocycles. The van der Waals surface area contributed by atoms with Crippen LogP contribution in [-0.2, 0) is 13.1 Å². The molecule has 4 nitrogen and oxygen atoms in total. The lowest BCUT2D eigenvalue weighted by Crippen LogP contribution is -2.41. The highest BCUT2D eigenvalue weighted by molar-refractivity contribution is 5.20. The molecule has 19 heavy (non-hydrogen) atoms. The summed E-state index contributed by atoms with van der Waals surface area (Å²) in [6.45, 7) is 6.23. The van der Waals surface area contributed by atoms with Gasteiger partial charge in [0.2, 0.25) is 0 Å². The van der Waals surface area contributed by atoms with Crippen molar-refractivity contribution in [3.8, 4) is 0 Å². The molecule has 1 saturated heterocycles. The second-order valence-corrected chi connectivity index (χ2v) is 5.80. The molecule has 1 aromatic rings. The average molecular weight is 265 g/mol. The van der Waals surface area contributed by atoms with Gasteiger partial charge in [-0.05, 0) is 47.0 Å². The maximum atomic E-state index is 5.85. The Morgan fingerprint density at radius 3 is 2.63 bits per heavy atom. The van der Waals surface area contributed by atoms with Crippen molar-refractivity contribution in [3.05, 3.63) is 23.2 Å². The molecule has 2 rings (SSSR count). The Bertz CT molecular complexity index is 392. The number of aryl methyl sites for hydroxylation is 1.